The molecule has 0 spiro atoms. The number of hydrogen-bond acceptors (Lipinski definition) is 9. The molecule has 39 heavy (non-hydrogen) atoms. The van der Waals surface area contributed by atoms with Gasteiger partial charge < -0.3 is 26.4 Å². The van der Waals surface area contributed by atoms with Crippen LogP contribution in [0, 0.1) is 0 Å². The number of fused-ring (bicyclic) bond motifs is 1. The molecule has 0 fully saturated rings. The summed E-state index contributed by atoms with van der Waals surface area (Å²) in [7, 11) is 0. The number of anilines is 2. The highest BCUT2D eigenvalue weighted by atomic mass is 16.4. The highest BCUT2D eigenvalue weighted by Gasteiger charge is 2.20. The second-order valence-corrected chi connectivity index (χ2v) is 9.70. The standard InChI is InChI=1S/C28H36N8O3/c29-25(37)11-17-36(15-2-1-5-22-7-6-21-4-3-12-32-27(21)33-22)16-10-23(28(38)39)34-26-19-31-18-24(35-26)20-8-13-30-14-9-20/h6-9,13-14,18-19,23H,1-5,10-12,15-17H2,(H2,29,37)(H,32,33)(H,34,35)(H,38,39)/t23-/m0/s1. The molecule has 1 aliphatic heterocycles. The summed E-state index contributed by atoms with van der Waals surface area (Å²) in [5, 5.41) is 16.2. The summed E-state index contributed by atoms with van der Waals surface area (Å²) >= 11 is 0. The number of nitrogens with one attached hydrogen (secondary N) is 2. The van der Waals surface area contributed by atoms with Crippen LogP contribution in [-0.4, -0.2) is 74.0 Å². The van der Waals surface area contributed by atoms with Crippen molar-refractivity contribution >= 4 is 23.5 Å². The minimum Gasteiger partial charge on any atom is -0.480 e. The van der Waals surface area contributed by atoms with Crippen molar-refractivity contribution in [1.82, 2.24) is 24.8 Å². The van der Waals surface area contributed by atoms with Gasteiger partial charge in [-0.2, -0.15) is 0 Å². The number of aromatic nitrogens is 4. The molecule has 3 aromatic heterocycles. The number of carbonyl (C=O) groups excluding carboxylic acids is 1. The summed E-state index contributed by atoms with van der Waals surface area (Å²) in [6, 6.07) is 7.04. The lowest BCUT2D eigenvalue weighted by molar-refractivity contribution is -0.138. The van der Waals surface area contributed by atoms with Crippen LogP contribution in [0.2, 0.25) is 0 Å². The first-order valence-electron chi connectivity index (χ1n) is 13.4. The highest BCUT2D eigenvalue weighted by Crippen LogP contribution is 2.21. The Morgan fingerprint density at radius 3 is 2.69 bits per heavy atom. The van der Waals surface area contributed by atoms with E-state index < -0.39 is 12.0 Å². The van der Waals surface area contributed by atoms with Gasteiger partial charge in [0.1, 0.15) is 17.7 Å². The van der Waals surface area contributed by atoms with Crippen molar-refractivity contribution in [3.8, 4) is 11.3 Å². The van der Waals surface area contributed by atoms with E-state index in [4.69, 9.17) is 10.7 Å². The summed E-state index contributed by atoms with van der Waals surface area (Å²) in [4.78, 5) is 43.1. The first-order chi connectivity index (χ1) is 19.0. The Morgan fingerprint density at radius 2 is 1.90 bits per heavy atom. The van der Waals surface area contributed by atoms with Crippen LogP contribution in [0.25, 0.3) is 11.3 Å². The molecule has 11 heteroatoms. The first-order valence-corrected chi connectivity index (χ1v) is 13.4. The predicted molar refractivity (Wildman–Crippen MR) is 149 cm³/mol. The molecule has 206 valence electrons. The number of primary amides is 1. The maximum absolute atomic E-state index is 12.0. The van der Waals surface area contributed by atoms with Crippen LogP contribution in [0.4, 0.5) is 11.6 Å². The van der Waals surface area contributed by atoms with Gasteiger partial charge in [0, 0.05) is 49.7 Å². The molecule has 1 amide bonds. The van der Waals surface area contributed by atoms with Crippen LogP contribution in [0.15, 0.2) is 49.1 Å². The number of carboxylic acid groups (broad SMARTS) is 1. The van der Waals surface area contributed by atoms with Gasteiger partial charge in [-0.25, -0.2) is 14.8 Å². The number of rotatable bonds is 15. The van der Waals surface area contributed by atoms with Gasteiger partial charge in [-0.1, -0.05) is 6.07 Å². The Morgan fingerprint density at radius 1 is 1.05 bits per heavy atom. The van der Waals surface area contributed by atoms with Crippen LogP contribution in [0.1, 0.15) is 43.4 Å². The minimum atomic E-state index is -0.979. The van der Waals surface area contributed by atoms with Crippen LogP contribution in [0.3, 0.4) is 0 Å². The van der Waals surface area contributed by atoms with E-state index in [2.05, 4.69) is 42.6 Å². The summed E-state index contributed by atoms with van der Waals surface area (Å²) in [6.07, 6.45) is 11.9. The fraction of sp³-hybridized carbons (Fsp3) is 0.429. The van der Waals surface area contributed by atoms with E-state index in [-0.39, 0.29) is 12.3 Å². The van der Waals surface area contributed by atoms with Gasteiger partial charge in [0.2, 0.25) is 5.91 Å². The third-order valence-corrected chi connectivity index (χ3v) is 6.75. The van der Waals surface area contributed by atoms with E-state index in [0.717, 1.165) is 62.3 Å². The molecule has 0 saturated heterocycles. The van der Waals surface area contributed by atoms with Crippen molar-refractivity contribution < 1.29 is 14.7 Å². The molecule has 0 bridgehead atoms. The van der Waals surface area contributed by atoms with Gasteiger partial charge in [-0.3, -0.25) is 14.8 Å². The molecule has 0 radical (unpaired) electrons. The smallest absolute Gasteiger partial charge is 0.326 e. The molecule has 0 saturated carbocycles. The number of hydrogen-bond donors (Lipinski definition) is 4. The average Bonchev–Trinajstić information content (AvgIpc) is 2.95. The monoisotopic (exact) mass is 532 g/mol. The molecule has 11 nitrogen and oxygen atoms in total. The van der Waals surface area contributed by atoms with Gasteiger partial charge >= 0.3 is 5.97 Å². The second kappa shape index (κ2) is 14.1. The number of aryl methyl sites for hydroxylation is 2. The SMILES string of the molecule is NC(=O)CCN(CCCCc1ccc2c(n1)NCCC2)CC[C@H](Nc1cncc(-c2ccncc2)n1)C(=O)O. The zero-order chi connectivity index (χ0) is 27.5. The molecular weight excluding hydrogens is 496 g/mol. The van der Waals surface area contributed by atoms with Crippen molar-refractivity contribution in [2.45, 2.75) is 51.0 Å². The van der Waals surface area contributed by atoms with Crippen molar-refractivity contribution in [2.24, 2.45) is 5.73 Å². The quantitative estimate of drug-likeness (QED) is 0.214. The van der Waals surface area contributed by atoms with Gasteiger partial charge in [-0.15, -0.1) is 0 Å². The summed E-state index contributed by atoms with van der Waals surface area (Å²) in [6.45, 7) is 2.68. The largest absolute Gasteiger partial charge is 0.480 e. The van der Waals surface area contributed by atoms with E-state index in [0.29, 0.717) is 31.0 Å². The van der Waals surface area contributed by atoms with E-state index in [1.54, 1.807) is 18.6 Å². The maximum Gasteiger partial charge on any atom is 0.326 e. The third kappa shape index (κ3) is 8.71. The Kier molecular flexibility index (Phi) is 10.1. The van der Waals surface area contributed by atoms with E-state index in [9.17, 15) is 14.7 Å². The number of amides is 1. The normalized spacial score (nSPS) is 13.4. The topological polar surface area (TPSA) is 159 Å². The van der Waals surface area contributed by atoms with Gasteiger partial charge in [-0.05, 0) is 68.8 Å². The van der Waals surface area contributed by atoms with E-state index in [1.165, 1.54) is 11.8 Å². The number of unbranched alkanes of at least 4 members (excludes halogenated alkanes) is 1. The average molecular weight is 533 g/mol. The zero-order valence-electron chi connectivity index (χ0n) is 22.1. The second-order valence-electron chi connectivity index (χ2n) is 9.70. The fourth-order valence-electron chi connectivity index (χ4n) is 4.60. The summed E-state index contributed by atoms with van der Waals surface area (Å²) in [5.41, 5.74) is 9.20. The Bertz CT molecular complexity index is 1240. The lowest BCUT2D eigenvalue weighted by atomic mass is 10.1. The summed E-state index contributed by atoms with van der Waals surface area (Å²) < 4.78 is 0. The molecular formula is C28H36N8O3. The predicted octanol–water partition coefficient (Wildman–Crippen LogP) is 2.75. The number of nitrogens with two attached hydrogens (primary N) is 1. The van der Waals surface area contributed by atoms with Crippen LogP contribution in [-0.2, 0) is 22.4 Å². The molecule has 1 aliphatic rings. The lowest BCUT2D eigenvalue weighted by Gasteiger charge is -2.24. The molecule has 4 heterocycles. The molecule has 1 atom stereocenters. The van der Waals surface area contributed by atoms with Crippen LogP contribution in [0.5, 0.6) is 0 Å². The third-order valence-electron chi connectivity index (χ3n) is 6.75. The van der Waals surface area contributed by atoms with Crippen molar-refractivity contribution in [3.63, 3.8) is 0 Å². The Balaban J connectivity index is 1.30. The van der Waals surface area contributed by atoms with Crippen molar-refractivity contribution in [3.05, 3.63) is 60.3 Å². The van der Waals surface area contributed by atoms with Gasteiger partial charge in [0.15, 0.2) is 0 Å². The highest BCUT2D eigenvalue weighted by molar-refractivity contribution is 5.77. The molecule has 4 rings (SSSR count). The van der Waals surface area contributed by atoms with Crippen molar-refractivity contribution in [1.29, 1.82) is 0 Å². The molecule has 5 N–H and O–H groups in total. The lowest BCUT2D eigenvalue weighted by Crippen LogP contribution is -2.37. The first kappa shape index (κ1) is 27.9. The fourth-order valence-corrected chi connectivity index (χ4v) is 4.60. The van der Waals surface area contributed by atoms with Gasteiger partial charge in [0.25, 0.3) is 0 Å². The van der Waals surface area contributed by atoms with Crippen LogP contribution >= 0.6 is 0 Å². The number of carboxylic acids is 1. The number of carbonyl (C=O) groups is 2. The molecule has 0 aromatic carbocycles. The van der Waals surface area contributed by atoms with E-state index >= 15 is 0 Å². The van der Waals surface area contributed by atoms with Crippen LogP contribution < -0.4 is 16.4 Å². The molecule has 3 aromatic rings. The summed E-state index contributed by atoms with van der Waals surface area (Å²) in [5.74, 6) is 0.0346. The number of nitrogens with zero attached hydrogens (tertiary/aromatic N) is 5. The minimum absolute atomic E-state index is 0.225. The van der Waals surface area contributed by atoms with Crippen molar-refractivity contribution in [2.75, 3.05) is 36.8 Å². The van der Waals surface area contributed by atoms with Gasteiger partial charge in [0.05, 0.1) is 18.1 Å². The molecule has 0 unspecified atom stereocenters. The molecule has 0 aliphatic carbocycles. The maximum atomic E-state index is 12.0. The number of pyridine rings is 2. The Labute approximate surface area is 228 Å². The van der Waals surface area contributed by atoms with E-state index in [1.807, 2.05) is 12.1 Å². The number of aliphatic carboxylic acids is 1. The Hall–Kier alpha value is -4.12. The zero-order valence-corrected chi connectivity index (χ0v) is 22.1.